The maximum atomic E-state index is 13.2. The summed E-state index contributed by atoms with van der Waals surface area (Å²) in [6, 6.07) is 17.4. The van der Waals surface area contributed by atoms with Crippen LogP contribution in [0.4, 0.5) is 0 Å². The quantitative estimate of drug-likeness (QED) is 0.381. The van der Waals surface area contributed by atoms with E-state index < -0.39 is 40.0 Å². The molecule has 2 atom stereocenters. The number of carboxylic acid groups (broad SMARTS) is 2. The van der Waals surface area contributed by atoms with E-state index in [9.17, 15) is 33.0 Å². The number of benzene rings is 3. The molecule has 10 heteroatoms. The van der Waals surface area contributed by atoms with Gasteiger partial charge in [-0.1, -0.05) is 60.2 Å². The van der Waals surface area contributed by atoms with Crippen LogP contribution in [0.3, 0.4) is 0 Å². The van der Waals surface area contributed by atoms with Gasteiger partial charge >= 0.3 is 11.9 Å². The molecular formula is C28H28N2O7S. The third kappa shape index (κ3) is 5.76. The van der Waals surface area contributed by atoms with Crippen LogP contribution in [0.5, 0.6) is 0 Å². The minimum Gasteiger partial charge on any atom is -0.480 e. The van der Waals surface area contributed by atoms with Crippen LogP contribution in [0, 0.1) is 6.92 Å². The van der Waals surface area contributed by atoms with Crippen LogP contribution < -0.4 is 5.32 Å². The summed E-state index contributed by atoms with van der Waals surface area (Å²) < 4.78 is 27.5. The number of aromatic carboxylic acids is 1. The first-order chi connectivity index (χ1) is 18.1. The van der Waals surface area contributed by atoms with Crippen molar-refractivity contribution in [1.29, 1.82) is 0 Å². The Kier molecular flexibility index (Phi) is 7.94. The zero-order valence-electron chi connectivity index (χ0n) is 20.7. The maximum absolute atomic E-state index is 13.2. The summed E-state index contributed by atoms with van der Waals surface area (Å²) >= 11 is 0. The Bertz CT molecular complexity index is 1450. The smallest absolute Gasteiger partial charge is 0.336 e. The molecule has 3 aromatic carbocycles. The van der Waals surface area contributed by atoms with E-state index in [0.29, 0.717) is 29.5 Å². The lowest BCUT2D eigenvalue weighted by Gasteiger charge is -2.25. The number of carbonyl (C=O) groups excluding carboxylic acids is 1. The van der Waals surface area contributed by atoms with Gasteiger partial charge in [0.25, 0.3) is 0 Å². The highest BCUT2D eigenvalue weighted by Crippen LogP contribution is 2.27. The van der Waals surface area contributed by atoms with Crippen LogP contribution in [0.1, 0.15) is 34.3 Å². The van der Waals surface area contributed by atoms with Gasteiger partial charge in [-0.15, -0.1) is 0 Å². The molecule has 4 rings (SSSR count). The monoisotopic (exact) mass is 536 g/mol. The summed E-state index contributed by atoms with van der Waals surface area (Å²) in [4.78, 5) is 36.7. The van der Waals surface area contributed by atoms with Crippen molar-refractivity contribution in [1.82, 2.24) is 9.62 Å². The second-order valence-electron chi connectivity index (χ2n) is 9.24. The van der Waals surface area contributed by atoms with Crippen LogP contribution in [0.25, 0.3) is 11.1 Å². The van der Waals surface area contributed by atoms with Crippen molar-refractivity contribution in [3.63, 3.8) is 0 Å². The van der Waals surface area contributed by atoms with Gasteiger partial charge in [-0.3, -0.25) is 4.79 Å². The van der Waals surface area contributed by atoms with Gasteiger partial charge in [-0.2, -0.15) is 4.31 Å². The van der Waals surface area contributed by atoms with Crippen LogP contribution in [0.2, 0.25) is 0 Å². The Hall–Kier alpha value is -4.02. The molecule has 198 valence electrons. The fourth-order valence-electron chi connectivity index (χ4n) is 4.58. The third-order valence-electron chi connectivity index (χ3n) is 6.61. The summed E-state index contributed by atoms with van der Waals surface area (Å²) in [6.07, 6.45) is 0.751. The Morgan fingerprint density at radius 1 is 0.974 bits per heavy atom. The van der Waals surface area contributed by atoms with Crippen molar-refractivity contribution in [3.05, 3.63) is 89.5 Å². The molecule has 3 N–H and O–H groups in total. The first kappa shape index (κ1) is 27.0. The normalized spacial score (nSPS) is 16.6. The molecule has 1 unspecified atom stereocenters. The molecule has 3 aromatic rings. The zero-order valence-corrected chi connectivity index (χ0v) is 21.5. The molecule has 0 bridgehead atoms. The number of nitrogens with zero attached hydrogens (tertiary/aromatic N) is 1. The first-order valence-corrected chi connectivity index (χ1v) is 13.6. The zero-order chi connectivity index (χ0) is 27.4. The fourth-order valence-corrected chi connectivity index (χ4v) is 6.24. The molecule has 0 spiro atoms. The number of nitrogens with one attached hydrogen (secondary N) is 1. The fraction of sp³-hybridized carbons (Fsp3) is 0.250. The van der Waals surface area contributed by atoms with Gasteiger partial charge in [0, 0.05) is 13.0 Å². The van der Waals surface area contributed by atoms with E-state index in [1.165, 1.54) is 18.2 Å². The van der Waals surface area contributed by atoms with Gasteiger partial charge in [0.1, 0.15) is 12.1 Å². The van der Waals surface area contributed by atoms with Gasteiger partial charge < -0.3 is 15.5 Å². The van der Waals surface area contributed by atoms with E-state index in [1.807, 2.05) is 6.92 Å². The van der Waals surface area contributed by atoms with Gasteiger partial charge in [0.05, 0.1) is 10.5 Å². The highest BCUT2D eigenvalue weighted by molar-refractivity contribution is 7.89. The molecule has 1 amide bonds. The summed E-state index contributed by atoms with van der Waals surface area (Å²) in [7, 11) is -3.92. The van der Waals surface area contributed by atoms with Crippen molar-refractivity contribution >= 4 is 27.9 Å². The average molecular weight is 537 g/mol. The van der Waals surface area contributed by atoms with E-state index in [2.05, 4.69) is 5.32 Å². The summed E-state index contributed by atoms with van der Waals surface area (Å²) in [6.45, 7) is 2.02. The minimum absolute atomic E-state index is 0.0284. The van der Waals surface area contributed by atoms with Gasteiger partial charge in [0.2, 0.25) is 15.9 Å². The van der Waals surface area contributed by atoms with E-state index in [4.69, 9.17) is 0 Å². The van der Waals surface area contributed by atoms with Crippen molar-refractivity contribution in [2.75, 3.05) is 6.54 Å². The highest BCUT2D eigenvalue weighted by Gasteiger charge is 2.40. The van der Waals surface area contributed by atoms with Crippen molar-refractivity contribution in [3.8, 4) is 11.1 Å². The Morgan fingerprint density at radius 2 is 1.63 bits per heavy atom. The molecule has 0 aliphatic carbocycles. The molecule has 0 saturated carbocycles. The second-order valence-corrected chi connectivity index (χ2v) is 11.1. The molecule has 38 heavy (non-hydrogen) atoms. The second kappa shape index (κ2) is 11.2. The van der Waals surface area contributed by atoms with E-state index in [1.54, 1.807) is 54.6 Å². The maximum Gasteiger partial charge on any atom is 0.336 e. The number of carboxylic acids is 2. The number of aliphatic carboxylic acids is 1. The standard InChI is InChI=1S/C28H28N2O7S/c1-18-8-14-21(15-9-18)38(36,37)30-16-4-7-25(30)26(31)29-24(28(34)35)17-19-10-12-20(13-11-19)22-5-2-3-6-23(22)27(32)33/h2-3,5-6,8-15,24-25H,4,7,16-17H2,1H3,(H,29,31)(H,32,33)(H,34,35)/t24?,25-/m0/s1. The van der Waals surface area contributed by atoms with Gasteiger partial charge in [-0.25, -0.2) is 18.0 Å². The predicted molar refractivity (Wildman–Crippen MR) is 140 cm³/mol. The lowest BCUT2D eigenvalue weighted by Crippen LogP contribution is -2.51. The van der Waals surface area contributed by atoms with Crippen LogP contribution in [0.15, 0.2) is 77.7 Å². The highest BCUT2D eigenvalue weighted by atomic mass is 32.2. The summed E-state index contributed by atoms with van der Waals surface area (Å²) in [5, 5.41) is 21.7. The molecule has 1 fully saturated rings. The number of rotatable bonds is 9. The Morgan fingerprint density at radius 3 is 2.26 bits per heavy atom. The van der Waals surface area contributed by atoms with Crippen molar-refractivity contribution in [2.45, 2.75) is 43.2 Å². The lowest BCUT2D eigenvalue weighted by atomic mass is 9.97. The van der Waals surface area contributed by atoms with E-state index >= 15 is 0 Å². The minimum atomic E-state index is -3.92. The van der Waals surface area contributed by atoms with E-state index in [-0.39, 0.29) is 23.4 Å². The van der Waals surface area contributed by atoms with Crippen LogP contribution in [-0.2, 0) is 26.0 Å². The number of hydrogen-bond donors (Lipinski definition) is 3. The number of amides is 1. The number of sulfonamides is 1. The number of aryl methyl sites for hydroxylation is 1. The molecule has 9 nitrogen and oxygen atoms in total. The lowest BCUT2D eigenvalue weighted by molar-refractivity contribution is -0.142. The topological polar surface area (TPSA) is 141 Å². The Balaban J connectivity index is 1.48. The summed E-state index contributed by atoms with van der Waals surface area (Å²) in [5.74, 6) is -2.95. The number of carbonyl (C=O) groups is 3. The Labute approximate surface area is 220 Å². The summed E-state index contributed by atoms with van der Waals surface area (Å²) in [5.41, 5.74) is 2.86. The largest absolute Gasteiger partial charge is 0.480 e. The molecule has 1 aliphatic rings. The third-order valence-corrected chi connectivity index (χ3v) is 8.53. The van der Waals surface area contributed by atoms with Crippen molar-refractivity contribution < 1.29 is 33.0 Å². The van der Waals surface area contributed by atoms with Gasteiger partial charge in [0.15, 0.2) is 0 Å². The van der Waals surface area contributed by atoms with Crippen molar-refractivity contribution in [2.24, 2.45) is 0 Å². The van der Waals surface area contributed by atoms with Crippen LogP contribution >= 0.6 is 0 Å². The predicted octanol–water partition coefficient (Wildman–Crippen LogP) is 3.33. The molecular weight excluding hydrogens is 508 g/mol. The molecule has 1 heterocycles. The SMILES string of the molecule is Cc1ccc(S(=O)(=O)N2CCC[C@H]2C(=O)NC(Cc2ccc(-c3ccccc3C(=O)O)cc2)C(=O)O)cc1. The molecule has 1 aliphatic heterocycles. The van der Waals surface area contributed by atoms with E-state index in [0.717, 1.165) is 9.87 Å². The molecule has 0 aromatic heterocycles. The average Bonchev–Trinajstić information content (AvgIpc) is 3.40. The van der Waals surface area contributed by atoms with Crippen LogP contribution in [-0.4, -0.2) is 59.4 Å². The molecule has 1 saturated heterocycles. The molecule has 0 radical (unpaired) electrons. The number of hydrogen-bond acceptors (Lipinski definition) is 5. The van der Waals surface area contributed by atoms with Gasteiger partial charge in [-0.05, 0) is 54.7 Å². The first-order valence-electron chi connectivity index (χ1n) is 12.1.